The smallest absolute Gasteiger partial charge is 0.244 e. The molecular formula is C24H26N4OS. The van der Waals surface area contributed by atoms with Crippen molar-refractivity contribution in [3.05, 3.63) is 83.7 Å². The van der Waals surface area contributed by atoms with Crippen molar-refractivity contribution in [3.63, 3.8) is 0 Å². The maximum atomic E-state index is 12.1. The number of nitrogens with zero attached hydrogens (tertiary/aromatic N) is 3. The van der Waals surface area contributed by atoms with Crippen LogP contribution in [0.2, 0.25) is 0 Å². The molecular weight excluding hydrogens is 392 g/mol. The largest absolute Gasteiger partial charge is 0.352 e. The Morgan fingerprint density at radius 3 is 2.50 bits per heavy atom. The Bertz CT molecular complexity index is 963. The SMILES string of the molecule is O=C(C=Cc1ccccc1)NCC1CCN(c2nc(Cc3ccccc3)ns2)CC1. The normalized spacial score (nSPS) is 14.9. The van der Waals surface area contributed by atoms with Crippen molar-refractivity contribution in [1.29, 1.82) is 0 Å². The fraction of sp³-hybridized carbons (Fsp3) is 0.292. The second-order valence-corrected chi connectivity index (χ2v) is 8.31. The van der Waals surface area contributed by atoms with Crippen molar-refractivity contribution < 1.29 is 4.79 Å². The number of anilines is 1. The van der Waals surface area contributed by atoms with E-state index in [1.54, 1.807) is 6.08 Å². The molecule has 0 aliphatic carbocycles. The van der Waals surface area contributed by atoms with Crippen molar-refractivity contribution in [2.75, 3.05) is 24.5 Å². The Hall–Kier alpha value is -2.99. The van der Waals surface area contributed by atoms with E-state index in [4.69, 9.17) is 4.98 Å². The van der Waals surface area contributed by atoms with E-state index >= 15 is 0 Å². The van der Waals surface area contributed by atoms with Crippen LogP contribution in [0.15, 0.2) is 66.7 Å². The Morgan fingerprint density at radius 1 is 1.07 bits per heavy atom. The van der Waals surface area contributed by atoms with Crippen LogP contribution in [0.4, 0.5) is 5.13 Å². The molecule has 30 heavy (non-hydrogen) atoms. The average molecular weight is 419 g/mol. The van der Waals surface area contributed by atoms with Gasteiger partial charge in [0.2, 0.25) is 11.0 Å². The van der Waals surface area contributed by atoms with Gasteiger partial charge in [-0.2, -0.15) is 4.37 Å². The molecule has 0 spiro atoms. The summed E-state index contributed by atoms with van der Waals surface area (Å²) in [6, 6.07) is 20.2. The van der Waals surface area contributed by atoms with Gasteiger partial charge in [-0.3, -0.25) is 4.79 Å². The Labute approximate surface area is 181 Å². The molecule has 1 aliphatic heterocycles. The number of hydrogen-bond acceptors (Lipinski definition) is 5. The molecule has 5 nitrogen and oxygen atoms in total. The first-order chi connectivity index (χ1) is 14.8. The minimum Gasteiger partial charge on any atom is -0.352 e. The van der Waals surface area contributed by atoms with Gasteiger partial charge in [-0.05, 0) is 36.0 Å². The highest BCUT2D eigenvalue weighted by Crippen LogP contribution is 2.25. The standard InChI is InChI=1S/C24H26N4OS/c29-23(12-11-19-7-3-1-4-8-19)25-18-21-13-15-28(16-14-21)24-26-22(27-30-24)17-20-9-5-2-6-10-20/h1-12,21H,13-18H2,(H,25,29). The second kappa shape index (κ2) is 10.2. The highest BCUT2D eigenvalue weighted by atomic mass is 32.1. The van der Waals surface area contributed by atoms with E-state index in [1.165, 1.54) is 17.1 Å². The number of hydrogen-bond donors (Lipinski definition) is 1. The van der Waals surface area contributed by atoms with Crippen LogP contribution >= 0.6 is 11.5 Å². The summed E-state index contributed by atoms with van der Waals surface area (Å²) in [5, 5.41) is 4.05. The number of carbonyl (C=O) groups excluding carboxylic acids is 1. The van der Waals surface area contributed by atoms with E-state index in [9.17, 15) is 4.79 Å². The lowest BCUT2D eigenvalue weighted by atomic mass is 9.97. The van der Waals surface area contributed by atoms with Crippen molar-refractivity contribution in [1.82, 2.24) is 14.7 Å². The molecule has 1 aromatic heterocycles. The van der Waals surface area contributed by atoms with Crippen molar-refractivity contribution >= 4 is 28.6 Å². The van der Waals surface area contributed by atoms with Gasteiger partial charge in [0.15, 0.2) is 0 Å². The van der Waals surface area contributed by atoms with Crippen molar-refractivity contribution in [3.8, 4) is 0 Å². The van der Waals surface area contributed by atoms with Crippen molar-refractivity contribution in [2.45, 2.75) is 19.3 Å². The number of rotatable bonds is 7. The van der Waals surface area contributed by atoms with Gasteiger partial charge >= 0.3 is 0 Å². The highest BCUT2D eigenvalue weighted by molar-refractivity contribution is 7.09. The van der Waals surface area contributed by atoms with E-state index in [2.05, 4.69) is 26.7 Å². The van der Waals surface area contributed by atoms with Crippen molar-refractivity contribution in [2.24, 2.45) is 5.92 Å². The zero-order valence-corrected chi connectivity index (χ0v) is 17.7. The lowest BCUT2D eigenvalue weighted by Crippen LogP contribution is -2.38. The maximum Gasteiger partial charge on any atom is 0.244 e. The third-order valence-corrected chi connectivity index (χ3v) is 6.15. The first kappa shape index (κ1) is 20.3. The minimum atomic E-state index is -0.0315. The molecule has 1 fully saturated rings. The molecule has 0 radical (unpaired) electrons. The van der Waals surface area contributed by atoms with Crippen LogP contribution in [-0.2, 0) is 11.2 Å². The molecule has 0 unspecified atom stereocenters. The zero-order chi connectivity index (χ0) is 20.6. The fourth-order valence-corrected chi connectivity index (χ4v) is 4.33. The summed E-state index contributed by atoms with van der Waals surface area (Å²) in [6.07, 6.45) is 6.34. The molecule has 1 saturated heterocycles. The number of aromatic nitrogens is 2. The first-order valence-electron chi connectivity index (χ1n) is 10.4. The summed E-state index contributed by atoms with van der Waals surface area (Å²) in [7, 11) is 0. The van der Waals surface area contributed by atoms with Gasteiger partial charge in [0.25, 0.3) is 0 Å². The molecule has 6 heteroatoms. The third-order valence-electron chi connectivity index (χ3n) is 5.34. The molecule has 2 aromatic carbocycles. The van der Waals surface area contributed by atoms with Gasteiger partial charge in [-0.25, -0.2) is 4.98 Å². The highest BCUT2D eigenvalue weighted by Gasteiger charge is 2.22. The van der Waals surface area contributed by atoms with Gasteiger partial charge in [0.05, 0.1) is 0 Å². The van der Waals surface area contributed by atoms with Crippen LogP contribution in [0.5, 0.6) is 0 Å². The fourth-order valence-electron chi connectivity index (χ4n) is 3.59. The van der Waals surface area contributed by atoms with E-state index in [0.717, 1.165) is 55.4 Å². The Morgan fingerprint density at radius 2 is 1.77 bits per heavy atom. The molecule has 0 bridgehead atoms. The monoisotopic (exact) mass is 418 g/mol. The van der Waals surface area contributed by atoms with E-state index < -0.39 is 0 Å². The third kappa shape index (κ3) is 5.76. The molecule has 1 aliphatic rings. The van der Waals surface area contributed by atoms with Crippen LogP contribution in [0.3, 0.4) is 0 Å². The number of piperidine rings is 1. The average Bonchev–Trinajstić information content (AvgIpc) is 3.26. The summed E-state index contributed by atoms with van der Waals surface area (Å²) in [6.45, 7) is 2.64. The first-order valence-corrected chi connectivity index (χ1v) is 11.2. The van der Waals surface area contributed by atoms with Crippen LogP contribution in [0, 0.1) is 5.92 Å². The quantitative estimate of drug-likeness (QED) is 0.585. The number of nitrogens with one attached hydrogen (secondary N) is 1. The minimum absolute atomic E-state index is 0.0315. The molecule has 0 atom stereocenters. The molecule has 3 aromatic rings. The molecule has 154 valence electrons. The molecule has 2 heterocycles. The molecule has 1 N–H and O–H groups in total. The second-order valence-electron chi connectivity index (χ2n) is 7.58. The predicted octanol–water partition coefficient (Wildman–Crippen LogP) is 4.17. The number of carbonyl (C=O) groups is 1. The molecule has 0 saturated carbocycles. The van der Waals surface area contributed by atoms with E-state index in [0.29, 0.717) is 5.92 Å². The van der Waals surface area contributed by atoms with Crippen LogP contribution in [0.1, 0.15) is 29.8 Å². The van der Waals surface area contributed by atoms with Crippen LogP contribution in [0.25, 0.3) is 6.08 Å². The topological polar surface area (TPSA) is 58.1 Å². The lowest BCUT2D eigenvalue weighted by molar-refractivity contribution is -0.116. The van der Waals surface area contributed by atoms with Gasteiger partial charge in [-0.15, -0.1) is 0 Å². The lowest BCUT2D eigenvalue weighted by Gasteiger charge is -2.31. The number of benzene rings is 2. The van der Waals surface area contributed by atoms with Gasteiger partial charge in [-0.1, -0.05) is 60.7 Å². The predicted molar refractivity (Wildman–Crippen MR) is 123 cm³/mol. The summed E-state index contributed by atoms with van der Waals surface area (Å²) in [5.41, 5.74) is 2.27. The summed E-state index contributed by atoms with van der Waals surface area (Å²) in [5.74, 6) is 1.36. The zero-order valence-electron chi connectivity index (χ0n) is 16.9. The maximum absolute atomic E-state index is 12.1. The van der Waals surface area contributed by atoms with Crippen LogP contribution in [-0.4, -0.2) is 34.9 Å². The van der Waals surface area contributed by atoms with Gasteiger partial charge in [0.1, 0.15) is 5.82 Å². The summed E-state index contributed by atoms with van der Waals surface area (Å²) < 4.78 is 4.53. The molecule has 1 amide bonds. The van der Waals surface area contributed by atoms with Gasteiger partial charge < -0.3 is 10.2 Å². The van der Waals surface area contributed by atoms with E-state index in [-0.39, 0.29) is 5.91 Å². The van der Waals surface area contributed by atoms with Crippen LogP contribution < -0.4 is 10.2 Å². The molecule has 4 rings (SSSR count). The van der Waals surface area contributed by atoms with E-state index in [1.807, 2.05) is 54.6 Å². The van der Waals surface area contributed by atoms with Gasteiger partial charge in [0, 0.05) is 43.7 Å². The summed E-state index contributed by atoms with van der Waals surface area (Å²) >= 11 is 1.49. The Balaban J connectivity index is 1.20. The summed E-state index contributed by atoms with van der Waals surface area (Å²) in [4.78, 5) is 19.1. The number of amides is 1. The Kier molecular flexibility index (Phi) is 6.87.